The van der Waals surface area contributed by atoms with Gasteiger partial charge in [0.2, 0.25) is 0 Å². The summed E-state index contributed by atoms with van der Waals surface area (Å²) < 4.78 is 10.9. The summed E-state index contributed by atoms with van der Waals surface area (Å²) in [5.41, 5.74) is 2.02. The number of hydrogen-bond acceptors (Lipinski definition) is 3. The van der Waals surface area contributed by atoms with Crippen LogP contribution in [0, 0.1) is 6.92 Å². The first kappa shape index (κ1) is 14.4. The van der Waals surface area contributed by atoms with Crippen molar-refractivity contribution in [3.63, 3.8) is 0 Å². The van der Waals surface area contributed by atoms with Crippen LogP contribution < -0.4 is 9.47 Å². The molecule has 0 amide bonds. The molecule has 0 saturated heterocycles. The second-order valence-electron chi connectivity index (χ2n) is 4.86. The molecule has 2 aromatic carbocycles. The highest BCUT2D eigenvalue weighted by Gasteiger charge is 2.18. The molecule has 3 nitrogen and oxygen atoms in total. The fourth-order valence-corrected chi connectivity index (χ4v) is 1.99. The van der Waals surface area contributed by atoms with Gasteiger partial charge in [-0.05, 0) is 31.5 Å². The summed E-state index contributed by atoms with van der Waals surface area (Å²) in [7, 11) is 1.61. The van der Waals surface area contributed by atoms with Gasteiger partial charge in [0.25, 0.3) is 0 Å². The van der Waals surface area contributed by atoms with Crippen LogP contribution in [0.3, 0.4) is 0 Å². The molecule has 0 aromatic heterocycles. The highest BCUT2D eigenvalue weighted by atomic mass is 16.5. The molecule has 0 aliphatic carbocycles. The maximum Gasteiger partial charge on any atom is 0.126 e. The summed E-state index contributed by atoms with van der Waals surface area (Å²) in [5, 5.41) is 10.3. The Labute approximate surface area is 119 Å². The molecule has 2 atom stereocenters. The lowest BCUT2D eigenvalue weighted by molar-refractivity contribution is 0.0466. The minimum absolute atomic E-state index is 0.343. The van der Waals surface area contributed by atoms with E-state index in [-0.39, 0.29) is 6.10 Å². The lowest BCUT2D eigenvalue weighted by atomic mass is 10.0. The number of aliphatic hydroxyl groups is 1. The van der Waals surface area contributed by atoms with Crippen molar-refractivity contribution in [1.29, 1.82) is 0 Å². The first-order valence-electron chi connectivity index (χ1n) is 6.65. The number of aliphatic hydroxyl groups excluding tert-OH is 1. The zero-order valence-corrected chi connectivity index (χ0v) is 12.0. The largest absolute Gasteiger partial charge is 0.497 e. The van der Waals surface area contributed by atoms with Gasteiger partial charge in [-0.2, -0.15) is 0 Å². The fourth-order valence-electron chi connectivity index (χ4n) is 1.99. The third-order valence-electron chi connectivity index (χ3n) is 3.23. The van der Waals surface area contributed by atoms with Crippen LogP contribution in [-0.4, -0.2) is 18.3 Å². The van der Waals surface area contributed by atoms with Crippen molar-refractivity contribution in [2.45, 2.75) is 26.1 Å². The van der Waals surface area contributed by atoms with Crippen LogP contribution in [0.5, 0.6) is 11.5 Å². The molecule has 0 saturated carbocycles. The van der Waals surface area contributed by atoms with E-state index in [4.69, 9.17) is 9.47 Å². The Kier molecular flexibility index (Phi) is 4.64. The zero-order chi connectivity index (χ0) is 14.5. The van der Waals surface area contributed by atoms with Crippen LogP contribution in [0.25, 0.3) is 0 Å². The molecule has 2 unspecified atom stereocenters. The van der Waals surface area contributed by atoms with E-state index in [0.717, 1.165) is 11.3 Å². The SMILES string of the molecule is COc1cccc(OC(C)C(O)c2ccc(C)cc2)c1. The molecule has 0 spiro atoms. The van der Waals surface area contributed by atoms with Gasteiger partial charge in [-0.15, -0.1) is 0 Å². The van der Waals surface area contributed by atoms with Crippen LogP contribution in [0.2, 0.25) is 0 Å². The lowest BCUT2D eigenvalue weighted by Gasteiger charge is -2.21. The van der Waals surface area contributed by atoms with E-state index in [1.807, 2.05) is 56.3 Å². The van der Waals surface area contributed by atoms with Gasteiger partial charge < -0.3 is 14.6 Å². The summed E-state index contributed by atoms with van der Waals surface area (Å²) in [4.78, 5) is 0. The van der Waals surface area contributed by atoms with Crippen molar-refractivity contribution in [1.82, 2.24) is 0 Å². The van der Waals surface area contributed by atoms with E-state index < -0.39 is 6.10 Å². The predicted octanol–water partition coefficient (Wildman–Crippen LogP) is 3.50. The van der Waals surface area contributed by atoms with Crippen LogP contribution in [0.1, 0.15) is 24.2 Å². The van der Waals surface area contributed by atoms with Crippen molar-refractivity contribution in [3.05, 3.63) is 59.7 Å². The smallest absolute Gasteiger partial charge is 0.126 e. The number of benzene rings is 2. The second-order valence-corrected chi connectivity index (χ2v) is 4.86. The molecule has 1 N–H and O–H groups in total. The summed E-state index contributed by atoms with van der Waals surface area (Å²) >= 11 is 0. The number of methoxy groups -OCH3 is 1. The second kappa shape index (κ2) is 6.44. The maximum absolute atomic E-state index is 10.3. The van der Waals surface area contributed by atoms with Gasteiger partial charge in [0.05, 0.1) is 7.11 Å². The van der Waals surface area contributed by atoms with Crippen molar-refractivity contribution >= 4 is 0 Å². The Morgan fingerprint density at radius 1 is 1.00 bits per heavy atom. The molecule has 0 radical (unpaired) electrons. The van der Waals surface area contributed by atoms with Gasteiger partial charge in [-0.25, -0.2) is 0 Å². The van der Waals surface area contributed by atoms with Crippen LogP contribution in [-0.2, 0) is 0 Å². The molecule has 20 heavy (non-hydrogen) atoms. The van der Waals surface area contributed by atoms with Gasteiger partial charge in [-0.1, -0.05) is 35.9 Å². The third kappa shape index (κ3) is 3.52. The summed E-state index contributed by atoms with van der Waals surface area (Å²) in [6.45, 7) is 3.87. The zero-order valence-electron chi connectivity index (χ0n) is 12.0. The summed E-state index contributed by atoms with van der Waals surface area (Å²) in [6, 6.07) is 15.2. The first-order chi connectivity index (χ1) is 9.60. The van der Waals surface area contributed by atoms with Crippen molar-refractivity contribution in [2.75, 3.05) is 7.11 Å². The Morgan fingerprint density at radius 2 is 1.65 bits per heavy atom. The van der Waals surface area contributed by atoms with Crippen LogP contribution >= 0.6 is 0 Å². The Morgan fingerprint density at radius 3 is 2.30 bits per heavy atom. The summed E-state index contributed by atoms with van der Waals surface area (Å²) in [5.74, 6) is 1.42. The van der Waals surface area contributed by atoms with Crippen LogP contribution in [0.4, 0.5) is 0 Å². The van der Waals surface area contributed by atoms with E-state index in [1.165, 1.54) is 5.56 Å². The van der Waals surface area contributed by atoms with Gasteiger partial charge in [0.15, 0.2) is 0 Å². The Balaban J connectivity index is 2.06. The van der Waals surface area contributed by atoms with Gasteiger partial charge in [0, 0.05) is 6.07 Å². The molecule has 0 bridgehead atoms. The maximum atomic E-state index is 10.3. The first-order valence-corrected chi connectivity index (χ1v) is 6.65. The van der Waals surface area contributed by atoms with Gasteiger partial charge in [0.1, 0.15) is 23.7 Å². The highest BCUT2D eigenvalue weighted by molar-refractivity contribution is 5.33. The average Bonchev–Trinajstić information content (AvgIpc) is 2.47. The minimum Gasteiger partial charge on any atom is -0.497 e. The minimum atomic E-state index is -0.665. The third-order valence-corrected chi connectivity index (χ3v) is 3.23. The molecule has 3 heteroatoms. The molecule has 0 fully saturated rings. The predicted molar refractivity (Wildman–Crippen MR) is 79.2 cm³/mol. The summed E-state index contributed by atoms with van der Waals surface area (Å²) in [6.07, 6.45) is -1.01. The number of hydrogen-bond donors (Lipinski definition) is 1. The average molecular weight is 272 g/mol. The number of ether oxygens (including phenoxy) is 2. The molecule has 2 rings (SSSR count). The molecule has 2 aromatic rings. The highest BCUT2D eigenvalue weighted by Crippen LogP contribution is 2.24. The van der Waals surface area contributed by atoms with E-state index in [1.54, 1.807) is 13.2 Å². The van der Waals surface area contributed by atoms with Crippen molar-refractivity contribution < 1.29 is 14.6 Å². The fraction of sp³-hybridized carbons (Fsp3) is 0.294. The quantitative estimate of drug-likeness (QED) is 0.905. The van der Waals surface area contributed by atoms with E-state index >= 15 is 0 Å². The molecule has 106 valence electrons. The topological polar surface area (TPSA) is 38.7 Å². The molecule has 0 aliphatic heterocycles. The normalized spacial score (nSPS) is 13.6. The van der Waals surface area contributed by atoms with Gasteiger partial charge in [-0.3, -0.25) is 0 Å². The molecular formula is C17H20O3. The molecule has 0 heterocycles. The Hall–Kier alpha value is -2.00. The van der Waals surface area contributed by atoms with E-state index in [2.05, 4.69) is 0 Å². The van der Waals surface area contributed by atoms with E-state index in [9.17, 15) is 5.11 Å². The van der Waals surface area contributed by atoms with Crippen LogP contribution in [0.15, 0.2) is 48.5 Å². The van der Waals surface area contributed by atoms with Crippen molar-refractivity contribution in [3.8, 4) is 11.5 Å². The monoisotopic (exact) mass is 272 g/mol. The molecular weight excluding hydrogens is 252 g/mol. The van der Waals surface area contributed by atoms with Gasteiger partial charge >= 0.3 is 0 Å². The van der Waals surface area contributed by atoms with E-state index in [0.29, 0.717) is 5.75 Å². The standard InChI is InChI=1S/C17H20O3/c1-12-7-9-14(10-8-12)17(18)13(2)20-16-6-4-5-15(11-16)19-3/h4-11,13,17-18H,1-3H3. The molecule has 0 aliphatic rings. The van der Waals surface area contributed by atoms with Crippen molar-refractivity contribution in [2.24, 2.45) is 0 Å². The Bertz CT molecular complexity index is 548. The number of rotatable bonds is 5. The number of aryl methyl sites for hydroxylation is 1. The lowest BCUT2D eigenvalue weighted by Crippen LogP contribution is -2.21.